The third-order valence-electron chi connectivity index (χ3n) is 3.72. The summed E-state index contributed by atoms with van der Waals surface area (Å²) in [7, 11) is -0.236. The normalized spacial score (nSPS) is 18.6. The van der Waals surface area contributed by atoms with E-state index < -0.39 is 10.0 Å². The number of piperidine rings is 1. The number of methoxy groups -OCH3 is 2. The van der Waals surface area contributed by atoms with Gasteiger partial charge in [0.05, 0.1) is 20.5 Å². The van der Waals surface area contributed by atoms with Gasteiger partial charge in [-0.2, -0.15) is 0 Å². The van der Waals surface area contributed by atoms with Crippen molar-refractivity contribution in [2.24, 2.45) is 0 Å². The second-order valence-electron chi connectivity index (χ2n) is 5.55. The van der Waals surface area contributed by atoms with Crippen LogP contribution in [-0.2, 0) is 10.0 Å². The van der Waals surface area contributed by atoms with Gasteiger partial charge < -0.3 is 14.4 Å². The average Bonchev–Trinajstić information content (AvgIpc) is 2.52. The first-order valence-electron chi connectivity index (χ1n) is 7.32. The van der Waals surface area contributed by atoms with Crippen molar-refractivity contribution in [3.63, 3.8) is 0 Å². The van der Waals surface area contributed by atoms with E-state index in [1.165, 1.54) is 14.2 Å². The van der Waals surface area contributed by atoms with Crippen molar-refractivity contribution in [3.8, 4) is 11.5 Å². The van der Waals surface area contributed by atoms with E-state index in [1.807, 2.05) is 0 Å². The molecule has 0 spiro atoms. The highest BCUT2D eigenvalue weighted by Crippen LogP contribution is 2.28. The van der Waals surface area contributed by atoms with Gasteiger partial charge in [-0.1, -0.05) is 0 Å². The van der Waals surface area contributed by atoms with E-state index in [9.17, 15) is 13.2 Å². The molecule has 1 fully saturated rings. The number of hydrogen-bond donors (Lipinski definition) is 1. The Morgan fingerprint density at radius 2 is 1.96 bits per heavy atom. The Bertz CT molecular complexity index is 674. The van der Waals surface area contributed by atoms with E-state index in [1.54, 1.807) is 23.1 Å². The lowest BCUT2D eigenvalue weighted by Crippen LogP contribution is -2.49. The molecule has 0 radical (unpaired) electrons. The third-order valence-corrected chi connectivity index (χ3v) is 4.48. The van der Waals surface area contributed by atoms with Crippen molar-refractivity contribution in [2.45, 2.75) is 18.9 Å². The zero-order valence-electron chi connectivity index (χ0n) is 13.5. The fourth-order valence-electron chi connectivity index (χ4n) is 2.71. The summed E-state index contributed by atoms with van der Waals surface area (Å²) in [5, 5.41) is 0. The van der Waals surface area contributed by atoms with Crippen LogP contribution in [0.1, 0.15) is 23.2 Å². The first kappa shape index (κ1) is 17.6. The smallest absolute Gasteiger partial charge is 0.254 e. The molecular weight excluding hydrogens is 320 g/mol. The lowest BCUT2D eigenvalue weighted by atomic mass is 10.1. The van der Waals surface area contributed by atoms with Gasteiger partial charge in [-0.25, -0.2) is 13.1 Å². The van der Waals surface area contributed by atoms with Crippen LogP contribution in [0, 0.1) is 0 Å². The molecule has 1 aliphatic heterocycles. The molecule has 2 rings (SSSR count). The minimum Gasteiger partial charge on any atom is -0.493 e. The number of nitrogens with zero attached hydrogens (tertiary/aromatic N) is 1. The SMILES string of the molecule is COc1ccc(C(=O)N2CCCC(NS(C)(=O)=O)C2)cc1OC. The molecule has 1 aromatic rings. The fraction of sp³-hybridized carbons (Fsp3) is 0.533. The number of carbonyl (C=O) groups excluding carboxylic acids is 1. The number of nitrogens with one attached hydrogen (secondary N) is 1. The Labute approximate surface area is 136 Å². The highest BCUT2D eigenvalue weighted by atomic mass is 32.2. The first-order chi connectivity index (χ1) is 10.8. The molecule has 128 valence electrons. The van der Waals surface area contributed by atoms with Crippen molar-refractivity contribution in [1.82, 2.24) is 9.62 Å². The molecule has 1 amide bonds. The van der Waals surface area contributed by atoms with Crippen LogP contribution in [0.5, 0.6) is 11.5 Å². The van der Waals surface area contributed by atoms with Crippen molar-refractivity contribution in [1.29, 1.82) is 0 Å². The van der Waals surface area contributed by atoms with Crippen LogP contribution in [0.2, 0.25) is 0 Å². The molecule has 1 saturated heterocycles. The molecule has 0 saturated carbocycles. The standard InChI is InChI=1S/C15H22N2O5S/c1-21-13-7-6-11(9-14(13)22-2)15(18)17-8-4-5-12(10-17)16-23(3,19)20/h6-7,9,12,16H,4-5,8,10H2,1-3H3. The van der Waals surface area contributed by atoms with Crippen LogP contribution in [0.4, 0.5) is 0 Å². The van der Waals surface area contributed by atoms with Crippen molar-refractivity contribution in [2.75, 3.05) is 33.6 Å². The number of benzene rings is 1. The second kappa shape index (κ2) is 7.18. The number of hydrogen-bond acceptors (Lipinski definition) is 5. The summed E-state index contributed by atoms with van der Waals surface area (Å²) in [6.07, 6.45) is 2.61. The van der Waals surface area contributed by atoms with Crippen LogP contribution >= 0.6 is 0 Å². The maximum Gasteiger partial charge on any atom is 0.254 e. The Balaban J connectivity index is 2.13. The van der Waals surface area contributed by atoms with Gasteiger partial charge in [0, 0.05) is 24.7 Å². The Kier molecular flexibility index (Phi) is 5.48. The molecule has 0 aromatic heterocycles. The summed E-state index contributed by atoms with van der Waals surface area (Å²) in [6.45, 7) is 0.968. The number of sulfonamides is 1. The minimum atomic E-state index is -3.28. The third kappa shape index (κ3) is 4.59. The molecule has 0 bridgehead atoms. The Morgan fingerprint density at radius 3 is 2.57 bits per heavy atom. The molecule has 1 N–H and O–H groups in total. The van der Waals surface area contributed by atoms with E-state index in [0.717, 1.165) is 19.1 Å². The molecule has 1 unspecified atom stereocenters. The molecule has 1 aromatic carbocycles. The van der Waals surface area contributed by atoms with E-state index in [-0.39, 0.29) is 11.9 Å². The van der Waals surface area contributed by atoms with Crippen molar-refractivity contribution >= 4 is 15.9 Å². The lowest BCUT2D eigenvalue weighted by molar-refractivity contribution is 0.0702. The maximum atomic E-state index is 12.6. The highest BCUT2D eigenvalue weighted by Gasteiger charge is 2.26. The first-order valence-corrected chi connectivity index (χ1v) is 9.22. The molecular formula is C15H22N2O5S. The van der Waals surface area contributed by atoms with Crippen molar-refractivity contribution in [3.05, 3.63) is 23.8 Å². The molecule has 23 heavy (non-hydrogen) atoms. The van der Waals surface area contributed by atoms with E-state index in [0.29, 0.717) is 30.2 Å². The number of ether oxygens (including phenoxy) is 2. The van der Waals surface area contributed by atoms with Gasteiger partial charge in [0.15, 0.2) is 11.5 Å². The van der Waals surface area contributed by atoms with Gasteiger partial charge in [-0.3, -0.25) is 4.79 Å². The minimum absolute atomic E-state index is 0.147. The number of amides is 1. The second-order valence-corrected chi connectivity index (χ2v) is 7.33. The van der Waals surface area contributed by atoms with Crippen LogP contribution in [0.25, 0.3) is 0 Å². The van der Waals surface area contributed by atoms with E-state index >= 15 is 0 Å². The van der Waals surface area contributed by atoms with Crippen LogP contribution in [-0.4, -0.2) is 58.8 Å². The van der Waals surface area contributed by atoms with Crippen LogP contribution in [0.15, 0.2) is 18.2 Å². The number of carbonyl (C=O) groups is 1. The zero-order valence-corrected chi connectivity index (χ0v) is 14.4. The molecule has 1 heterocycles. The van der Waals surface area contributed by atoms with Gasteiger partial charge in [-0.15, -0.1) is 0 Å². The number of rotatable bonds is 5. The predicted molar refractivity (Wildman–Crippen MR) is 86.5 cm³/mol. The summed E-state index contributed by atoms with van der Waals surface area (Å²) < 4.78 is 35.7. The van der Waals surface area contributed by atoms with Crippen LogP contribution < -0.4 is 14.2 Å². The molecule has 0 aliphatic carbocycles. The monoisotopic (exact) mass is 342 g/mol. The summed E-state index contributed by atoms with van der Waals surface area (Å²) >= 11 is 0. The van der Waals surface area contributed by atoms with Gasteiger partial charge >= 0.3 is 0 Å². The quantitative estimate of drug-likeness (QED) is 0.858. The maximum absolute atomic E-state index is 12.6. The Morgan fingerprint density at radius 1 is 1.26 bits per heavy atom. The largest absolute Gasteiger partial charge is 0.493 e. The van der Waals surface area contributed by atoms with E-state index in [4.69, 9.17) is 9.47 Å². The average molecular weight is 342 g/mol. The fourth-order valence-corrected chi connectivity index (χ4v) is 3.51. The molecule has 7 nitrogen and oxygen atoms in total. The summed E-state index contributed by atoms with van der Waals surface area (Å²) in [6, 6.07) is 4.75. The Hall–Kier alpha value is -1.80. The van der Waals surface area contributed by atoms with Gasteiger partial charge in [0.1, 0.15) is 0 Å². The van der Waals surface area contributed by atoms with Gasteiger partial charge in [0.25, 0.3) is 5.91 Å². The summed E-state index contributed by atoms with van der Waals surface area (Å²) in [5.41, 5.74) is 0.489. The predicted octanol–water partition coefficient (Wildman–Crippen LogP) is 0.858. The summed E-state index contributed by atoms with van der Waals surface area (Å²) in [5.74, 6) is 0.895. The van der Waals surface area contributed by atoms with Gasteiger partial charge in [-0.05, 0) is 31.0 Å². The highest BCUT2D eigenvalue weighted by molar-refractivity contribution is 7.88. The van der Waals surface area contributed by atoms with E-state index in [2.05, 4.69) is 4.72 Å². The zero-order chi connectivity index (χ0) is 17.0. The molecule has 8 heteroatoms. The number of likely N-dealkylation sites (tertiary alicyclic amines) is 1. The van der Waals surface area contributed by atoms with Crippen LogP contribution in [0.3, 0.4) is 0 Å². The molecule has 1 atom stereocenters. The summed E-state index contributed by atoms with van der Waals surface area (Å²) in [4.78, 5) is 14.3. The van der Waals surface area contributed by atoms with Gasteiger partial charge in [0.2, 0.25) is 10.0 Å². The molecule has 1 aliphatic rings. The topological polar surface area (TPSA) is 84.9 Å². The lowest BCUT2D eigenvalue weighted by Gasteiger charge is -2.32. The van der Waals surface area contributed by atoms with Crippen molar-refractivity contribution < 1.29 is 22.7 Å².